The molecule has 0 saturated carbocycles. The van der Waals surface area contributed by atoms with Gasteiger partial charge < -0.3 is 0 Å². The molecule has 0 aliphatic carbocycles. The molecule has 4 aromatic rings. The topological polar surface area (TPSA) is 29.1 Å². The second kappa shape index (κ2) is 10.0. The maximum absolute atomic E-state index is 13.2. The summed E-state index contributed by atoms with van der Waals surface area (Å²) in [6.45, 7) is 0. The van der Waals surface area contributed by atoms with Crippen LogP contribution in [0.5, 0.6) is 0 Å². The zero-order valence-electron chi connectivity index (χ0n) is 16.9. The number of nitrogens with one attached hydrogen (secondary N) is 1. The number of hydrogen-bond donors (Lipinski definition) is 1. The first-order valence-corrected chi connectivity index (χ1v) is 13.0. The molecule has 4 rings (SSSR count). The Bertz CT molecular complexity index is 1070. The van der Waals surface area contributed by atoms with E-state index in [-0.39, 0.29) is 5.91 Å². The van der Waals surface area contributed by atoms with Gasteiger partial charge in [-0.1, -0.05) is 72.8 Å². The highest BCUT2D eigenvalue weighted by Crippen LogP contribution is 2.61. The SMILES string of the molecule is O=C(N/C(=C/I)[P+](c1ccccc1)(c1ccccc1)c1ccccc1)c1ccccc1. The summed E-state index contributed by atoms with van der Waals surface area (Å²) in [5.74, 6) is -0.101. The third-order valence-electron chi connectivity index (χ3n) is 5.17. The maximum atomic E-state index is 13.2. The van der Waals surface area contributed by atoms with Crippen LogP contribution in [0.2, 0.25) is 0 Å². The standard InChI is InChI=1S/C27H21INOP/c28-21-26(29-27(30)22-13-5-1-6-14-22)31(23-15-7-2-8-16-23,24-17-9-3-10-18-24)25-19-11-4-12-20-25/h1-21H/p+1/b26-21-. The molecule has 0 aromatic heterocycles. The van der Waals surface area contributed by atoms with E-state index in [1.807, 2.05) is 52.6 Å². The van der Waals surface area contributed by atoms with Gasteiger partial charge in [-0.05, 0) is 71.1 Å². The molecule has 0 aliphatic rings. The van der Waals surface area contributed by atoms with Crippen LogP contribution >= 0.6 is 29.9 Å². The molecule has 0 unspecified atom stereocenters. The average molecular weight is 534 g/mol. The molecule has 1 N–H and O–H groups in total. The minimum atomic E-state index is -2.32. The fourth-order valence-electron chi connectivity index (χ4n) is 3.78. The highest BCUT2D eigenvalue weighted by Gasteiger charge is 2.50. The summed E-state index contributed by atoms with van der Waals surface area (Å²) in [7, 11) is -2.32. The minimum Gasteiger partial charge on any atom is -0.292 e. The lowest BCUT2D eigenvalue weighted by Gasteiger charge is -2.29. The van der Waals surface area contributed by atoms with E-state index in [1.165, 1.54) is 15.9 Å². The van der Waals surface area contributed by atoms with Gasteiger partial charge in [0, 0.05) is 9.65 Å². The van der Waals surface area contributed by atoms with Crippen LogP contribution in [0.25, 0.3) is 0 Å². The third kappa shape index (κ3) is 4.34. The number of hydrogen-bond acceptors (Lipinski definition) is 1. The summed E-state index contributed by atoms with van der Waals surface area (Å²) in [4.78, 5) is 13.2. The molecule has 1 amide bonds. The van der Waals surface area contributed by atoms with Crippen LogP contribution in [0.15, 0.2) is 131 Å². The van der Waals surface area contributed by atoms with Crippen LogP contribution in [0.1, 0.15) is 10.4 Å². The van der Waals surface area contributed by atoms with Crippen molar-refractivity contribution in [2.45, 2.75) is 0 Å². The summed E-state index contributed by atoms with van der Waals surface area (Å²) in [6.07, 6.45) is 0. The number of carbonyl (C=O) groups is 1. The number of benzene rings is 4. The number of carbonyl (C=O) groups excluding carboxylic acids is 1. The van der Waals surface area contributed by atoms with Crippen molar-refractivity contribution in [1.82, 2.24) is 5.32 Å². The van der Waals surface area contributed by atoms with E-state index < -0.39 is 7.26 Å². The van der Waals surface area contributed by atoms with Gasteiger partial charge in [0.05, 0.1) is 0 Å². The lowest BCUT2D eigenvalue weighted by molar-refractivity contribution is 0.0968. The highest BCUT2D eigenvalue weighted by atomic mass is 127. The van der Waals surface area contributed by atoms with Gasteiger partial charge in [0.2, 0.25) is 0 Å². The molecule has 0 bridgehead atoms. The Morgan fingerprint density at radius 1 is 0.613 bits per heavy atom. The lowest BCUT2D eigenvalue weighted by Crippen LogP contribution is -2.38. The van der Waals surface area contributed by atoms with Gasteiger partial charge in [0.25, 0.3) is 5.91 Å². The quantitative estimate of drug-likeness (QED) is 0.252. The summed E-state index contributed by atoms with van der Waals surface area (Å²) in [5, 5.41) is 6.88. The monoisotopic (exact) mass is 534 g/mol. The Kier molecular flexibility index (Phi) is 6.96. The Morgan fingerprint density at radius 2 is 0.968 bits per heavy atom. The molecule has 0 radical (unpaired) electrons. The van der Waals surface area contributed by atoms with Gasteiger partial charge in [-0.3, -0.25) is 10.1 Å². The average Bonchev–Trinajstić information content (AvgIpc) is 2.86. The van der Waals surface area contributed by atoms with Crippen molar-refractivity contribution in [3.8, 4) is 0 Å². The summed E-state index contributed by atoms with van der Waals surface area (Å²) in [6, 6.07) is 40.9. The predicted octanol–water partition coefficient (Wildman–Crippen LogP) is 5.64. The van der Waals surface area contributed by atoms with Crippen LogP contribution in [0, 0.1) is 0 Å². The number of halogens is 1. The Morgan fingerprint density at radius 3 is 1.32 bits per heavy atom. The van der Waals surface area contributed by atoms with Crippen molar-refractivity contribution >= 4 is 51.7 Å². The zero-order chi connectivity index (χ0) is 21.5. The van der Waals surface area contributed by atoms with Crippen molar-refractivity contribution in [2.75, 3.05) is 0 Å². The van der Waals surface area contributed by atoms with Gasteiger partial charge in [-0.2, -0.15) is 0 Å². The molecule has 0 aliphatic heterocycles. The summed E-state index contributed by atoms with van der Waals surface area (Å²) in [5.41, 5.74) is 1.57. The second-order valence-electron chi connectivity index (χ2n) is 6.99. The van der Waals surface area contributed by atoms with E-state index in [1.54, 1.807) is 0 Å². The van der Waals surface area contributed by atoms with Crippen LogP contribution in [-0.4, -0.2) is 5.91 Å². The fourth-order valence-corrected chi connectivity index (χ4v) is 9.19. The second-order valence-corrected chi connectivity index (χ2v) is 11.0. The van der Waals surface area contributed by atoms with Crippen molar-refractivity contribution in [2.24, 2.45) is 0 Å². The van der Waals surface area contributed by atoms with E-state index in [9.17, 15) is 4.79 Å². The molecule has 0 heterocycles. The molecule has 31 heavy (non-hydrogen) atoms. The van der Waals surface area contributed by atoms with Crippen molar-refractivity contribution < 1.29 is 4.79 Å². The third-order valence-corrected chi connectivity index (χ3v) is 10.5. The largest absolute Gasteiger partial charge is 0.292 e. The maximum Gasteiger partial charge on any atom is 0.258 e. The molecule has 0 saturated heterocycles. The van der Waals surface area contributed by atoms with Gasteiger partial charge in [-0.15, -0.1) is 0 Å². The fraction of sp³-hybridized carbons (Fsp3) is 0. The number of amides is 1. The van der Waals surface area contributed by atoms with Crippen LogP contribution in [0.3, 0.4) is 0 Å². The molecular weight excluding hydrogens is 512 g/mol. The van der Waals surface area contributed by atoms with E-state index in [0.29, 0.717) is 5.56 Å². The van der Waals surface area contributed by atoms with E-state index in [4.69, 9.17) is 0 Å². The first-order chi connectivity index (χ1) is 15.3. The highest BCUT2D eigenvalue weighted by molar-refractivity contribution is 14.1. The Balaban J connectivity index is 1.96. The first-order valence-electron chi connectivity index (χ1n) is 10.00. The summed E-state index contributed by atoms with van der Waals surface area (Å²) < 4.78 is 2.03. The molecule has 2 nitrogen and oxygen atoms in total. The smallest absolute Gasteiger partial charge is 0.258 e. The van der Waals surface area contributed by atoms with E-state index in [2.05, 4.69) is 101 Å². The number of rotatable bonds is 6. The lowest BCUT2D eigenvalue weighted by atomic mass is 10.2. The molecule has 4 heteroatoms. The van der Waals surface area contributed by atoms with E-state index >= 15 is 0 Å². The first kappa shape index (κ1) is 21.5. The van der Waals surface area contributed by atoms with Gasteiger partial charge in [0.15, 0.2) is 12.7 Å². The summed E-state index contributed by atoms with van der Waals surface area (Å²) >= 11 is 2.26. The molecule has 0 spiro atoms. The minimum absolute atomic E-state index is 0.101. The molecule has 152 valence electrons. The van der Waals surface area contributed by atoms with Crippen LogP contribution in [0.4, 0.5) is 0 Å². The molecule has 0 fully saturated rings. The van der Waals surface area contributed by atoms with Crippen molar-refractivity contribution in [3.63, 3.8) is 0 Å². The van der Waals surface area contributed by atoms with Gasteiger partial charge in [-0.25, -0.2) is 0 Å². The molecule has 4 aromatic carbocycles. The Hall–Kier alpha value is -2.75. The van der Waals surface area contributed by atoms with Crippen LogP contribution in [-0.2, 0) is 0 Å². The van der Waals surface area contributed by atoms with Crippen molar-refractivity contribution in [3.05, 3.63) is 136 Å². The van der Waals surface area contributed by atoms with Gasteiger partial charge in [0.1, 0.15) is 15.9 Å². The zero-order valence-corrected chi connectivity index (χ0v) is 19.9. The normalized spacial score (nSPS) is 11.7. The van der Waals surface area contributed by atoms with E-state index in [0.717, 1.165) is 5.44 Å². The molecular formula is C27H22INOP+. The predicted molar refractivity (Wildman–Crippen MR) is 141 cm³/mol. The Labute approximate surface area is 197 Å². The molecule has 0 atom stereocenters. The van der Waals surface area contributed by atoms with Crippen molar-refractivity contribution in [1.29, 1.82) is 0 Å². The van der Waals surface area contributed by atoms with Crippen LogP contribution < -0.4 is 21.2 Å². The van der Waals surface area contributed by atoms with Gasteiger partial charge >= 0.3 is 0 Å².